The van der Waals surface area contributed by atoms with E-state index in [-0.39, 0.29) is 17.3 Å². The molecule has 3 nitrogen and oxygen atoms in total. The summed E-state index contributed by atoms with van der Waals surface area (Å²) in [5.41, 5.74) is 3.57. The van der Waals surface area contributed by atoms with Crippen LogP contribution in [0.25, 0.3) is 0 Å². The van der Waals surface area contributed by atoms with Gasteiger partial charge < -0.3 is 9.47 Å². The zero-order valence-electron chi connectivity index (χ0n) is 14.8. The summed E-state index contributed by atoms with van der Waals surface area (Å²) in [5, 5.41) is 0. The highest BCUT2D eigenvalue weighted by atomic mass is 16.6. The molecule has 0 saturated carbocycles. The van der Waals surface area contributed by atoms with Gasteiger partial charge in [0.15, 0.2) is 5.78 Å². The topological polar surface area (TPSA) is 38.8 Å². The minimum atomic E-state index is 0.0288. The Hall–Kier alpha value is -2.13. The smallest absolute Gasteiger partial charge is 0.193 e. The summed E-state index contributed by atoms with van der Waals surface area (Å²) in [6, 6.07) is 13.5. The van der Waals surface area contributed by atoms with Crippen molar-refractivity contribution >= 4 is 5.78 Å². The van der Waals surface area contributed by atoms with Crippen molar-refractivity contribution in [3.05, 3.63) is 64.7 Å². The Kier molecular flexibility index (Phi) is 4.46. The molecule has 0 N–H and O–H groups in total. The van der Waals surface area contributed by atoms with E-state index in [1.165, 1.54) is 5.56 Å². The fourth-order valence-corrected chi connectivity index (χ4v) is 2.64. The average molecular weight is 324 g/mol. The van der Waals surface area contributed by atoms with Crippen molar-refractivity contribution in [3.8, 4) is 5.75 Å². The van der Waals surface area contributed by atoms with Gasteiger partial charge in [-0.25, -0.2) is 0 Å². The first kappa shape index (κ1) is 16.7. The molecule has 1 saturated heterocycles. The molecule has 0 amide bonds. The van der Waals surface area contributed by atoms with Gasteiger partial charge in [0.1, 0.15) is 18.5 Å². The van der Waals surface area contributed by atoms with Gasteiger partial charge in [0.25, 0.3) is 0 Å². The van der Waals surface area contributed by atoms with Crippen LogP contribution in [0.1, 0.15) is 47.8 Å². The van der Waals surface area contributed by atoms with Crippen molar-refractivity contribution in [3.63, 3.8) is 0 Å². The minimum Gasteiger partial charge on any atom is -0.490 e. The van der Waals surface area contributed by atoms with Crippen molar-refractivity contribution in [2.24, 2.45) is 0 Å². The Balaban J connectivity index is 1.82. The van der Waals surface area contributed by atoms with Gasteiger partial charge >= 0.3 is 0 Å². The van der Waals surface area contributed by atoms with Crippen molar-refractivity contribution < 1.29 is 14.3 Å². The Bertz CT molecular complexity index is 735. The molecule has 2 aromatic rings. The summed E-state index contributed by atoms with van der Waals surface area (Å²) < 4.78 is 10.9. The van der Waals surface area contributed by atoms with Gasteiger partial charge in [0.05, 0.1) is 6.61 Å². The molecule has 0 spiro atoms. The molecule has 2 aromatic carbocycles. The van der Waals surface area contributed by atoms with Crippen LogP contribution in [0.15, 0.2) is 42.5 Å². The van der Waals surface area contributed by atoms with Crippen molar-refractivity contribution in [2.45, 2.75) is 39.2 Å². The maximum atomic E-state index is 12.9. The Morgan fingerprint density at radius 1 is 1.17 bits per heavy atom. The van der Waals surface area contributed by atoms with E-state index in [9.17, 15) is 4.79 Å². The molecule has 1 unspecified atom stereocenters. The Labute approximate surface area is 143 Å². The molecule has 1 heterocycles. The van der Waals surface area contributed by atoms with Crippen molar-refractivity contribution in [1.82, 2.24) is 0 Å². The van der Waals surface area contributed by atoms with Gasteiger partial charge in [-0.1, -0.05) is 57.2 Å². The van der Waals surface area contributed by atoms with Gasteiger partial charge in [-0.15, -0.1) is 0 Å². The molecule has 24 heavy (non-hydrogen) atoms. The highest BCUT2D eigenvalue weighted by molar-refractivity contribution is 6.10. The van der Waals surface area contributed by atoms with Crippen LogP contribution in [0, 0.1) is 6.92 Å². The lowest BCUT2D eigenvalue weighted by Crippen LogP contribution is -2.12. The Morgan fingerprint density at radius 3 is 2.42 bits per heavy atom. The normalized spacial score (nSPS) is 16.8. The zero-order valence-corrected chi connectivity index (χ0v) is 14.8. The zero-order chi connectivity index (χ0) is 17.3. The van der Waals surface area contributed by atoms with Crippen LogP contribution >= 0.6 is 0 Å². The van der Waals surface area contributed by atoms with Gasteiger partial charge in [-0.3, -0.25) is 4.79 Å². The second-order valence-electron chi connectivity index (χ2n) is 7.35. The van der Waals surface area contributed by atoms with Gasteiger partial charge in [-0.05, 0) is 24.0 Å². The van der Waals surface area contributed by atoms with E-state index in [1.807, 2.05) is 49.4 Å². The number of ether oxygens (including phenoxy) is 2. The monoisotopic (exact) mass is 324 g/mol. The first-order valence-electron chi connectivity index (χ1n) is 8.35. The number of rotatable bonds is 5. The maximum absolute atomic E-state index is 12.9. The van der Waals surface area contributed by atoms with Crippen molar-refractivity contribution in [2.75, 3.05) is 13.2 Å². The second kappa shape index (κ2) is 6.40. The lowest BCUT2D eigenvalue weighted by Gasteiger charge is -2.19. The first-order valence-corrected chi connectivity index (χ1v) is 8.35. The molecule has 0 bridgehead atoms. The summed E-state index contributed by atoms with van der Waals surface area (Å²) in [7, 11) is 0. The summed E-state index contributed by atoms with van der Waals surface area (Å²) in [6.07, 6.45) is 0.203. The third-order valence-electron chi connectivity index (χ3n) is 4.37. The lowest BCUT2D eigenvalue weighted by molar-refractivity contribution is 0.103. The molecule has 3 heteroatoms. The Morgan fingerprint density at radius 2 is 1.83 bits per heavy atom. The van der Waals surface area contributed by atoms with Gasteiger partial charge in [0.2, 0.25) is 0 Å². The molecule has 1 fully saturated rings. The third kappa shape index (κ3) is 3.68. The molecule has 1 aliphatic rings. The molecule has 3 rings (SSSR count). The largest absolute Gasteiger partial charge is 0.490 e. The van der Waals surface area contributed by atoms with Crippen LogP contribution < -0.4 is 4.74 Å². The number of hydrogen-bond donors (Lipinski definition) is 0. The van der Waals surface area contributed by atoms with Crippen LogP contribution in [-0.2, 0) is 10.2 Å². The number of carbonyl (C=O) groups is 1. The summed E-state index contributed by atoms with van der Waals surface area (Å²) >= 11 is 0. The van der Waals surface area contributed by atoms with E-state index in [4.69, 9.17) is 9.47 Å². The summed E-state index contributed by atoms with van der Waals surface area (Å²) in [5.74, 6) is 0.781. The minimum absolute atomic E-state index is 0.0288. The molecule has 0 radical (unpaired) electrons. The fourth-order valence-electron chi connectivity index (χ4n) is 2.64. The summed E-state index contributed by atoms with van der Waals surface area (Å²) in [4.78, 5) is 12.9. The van der Waals surface area contributed by atoms with Crippen LogP contribution in [0.2, 0.25) is 0 Å². The van der Waals surface area contributed by atoms with E-state index in [2.05, 4.69) is 20.8 Å². The lowest BCUT2D eigenvalue weighted by atomic mass is 9.86. The quantitative estimate of drug-likeness (QED) is 0.608. The maximum Gasteiger partial charge on any atom is 0.193 e. The standard InChI is InChI=1S/C21H24O3/c1-14-18(6-5-7-19(14)24-13-17-12-23-17)20(22)15-8-10-16(11-9-15)21(2,3)4/h5-11,17H,12-13H2,1-4H3. The van der Waals surface area contributed by atoms with Crippen LogP contribution in [0.4, 0.5) is 0 Å². The number of epoxide rings is 1. The molecule has 1 aliphatic heterocycles. The highest BCUT2D eigenvalue weighted by Gasteiger charge is 2.24. The summed E-state index contributed by atoms with van der Waals surface area (Å²) in [6.45, 7) is 9.73. The van der Waals surface area contributed by atoms with Crippen LogP contribution in [0.3, 0.4) is 0 Å². The van der Waals surface area contributed by atoms with Crippen LogP contribution in [-0.4, -0.2) is 25.1 Å². The molecular weight excluding hydrogens is 300 g/mol. The highest BCUT2D eigenvalue weighted by Crippen LogP contribution is 2.26. The number of ketones is 1. The average Bonchev–Trinajstić information content (AvgIpc) is 3.37. The van der Waals surface area contributed by atoms with E-state index < -0.39 is 0 Å². The fraction of sp³-hybridized carbons (Fsp3) is 0.381. The van der Waals surface area contributed by atoms with E-state index >= 15 is 0 Å². The van der Waals surface area contributed by atoms with E-state index in [0.29, 0.717) is 17.7 Å². The number of carbonyl (C=O) groups excluding carboxylic acids is 1. The molecule has 0 aliphatic carbocycles. The van der Waals surface area contributed by atoms with E-state index in [0.717, 1.165) is 17.9 Å². The molecular formula is C21H24O3. The van der Waals surface area contributed by atoms with Crippen LogP contribution in [0.5, 0.6) is 5.75 Å². The number of benzene rings is 2. The predicted molar refractivity (Wildman–Crippen MR) is 95.0 cm³/mol. The number of hydrogen-bond acceptors (Lipinski definition) is 3. The van der Waals surface area contributed by atoms with E-state index in [1.54, 1.807) is 0 Å². The van der Waals surface area contributed by atoms with Gasteiger partial charge in [0, 0.05) is 16.7 Å². The third-order valence-corrected chi connectivity index (χ3v) is 4.37. The second-order valence-corrected chi connectivity index (χ2v) is 7.35. The predicted octanol–water partition coefficient (Wildman–Crippen LogP) is 4.30. The molecule has 1 atom stereocenters. The SMILES string of the molecule is Cc1c(OCC2CO2)cccc1C(=O)c1ccc(C(C)(C)C)cc1. The van der Waals surface area contributed by atoms with Gasteiger partial charge in [-0.2, -0.15) is 0 Å². The molecule has 0 aromatic heterocycles. The first-order chi connectivity index (χ1) is 11.4. The molecule has 126 valence electrons. The van der Waals surface area contributed by atoms with Crippen molar-refractivity contribution in [1.29, 1.82) is 0 Å².